The van der Waals surface area contributed by atoms with Gasteiger partial charge in [0.2, 0.25) is 0 Å². The van der Waals surface area contributed by atoms with Crippen LogP contribution in [-0.4, -0.2) is 19.0 Å². The summed E-state index contributed by atoms with van der Waals surface area (Å²) in [4.78, 5) is 3.90. The highest BCUT2D eigenvalue weighted by Crippen LogP contribution is 2.16. The van der Waals surface area contributed by atoms with E-state index >= 15 is 0 Å². The Morgan fingerprint density at radius 3 is 2.00 bits per heavy atom. The quantitative estimate of drug-likeness (QED) is 0.401. The van der Waals surface area contributed by atoms with Crippen LogP contribution >= 0.6 is 0 Å². The molecule has 0 fully saturated rings. The van der Waals surface area contributed by atoms with Crippen molar-refractivity contribution in [2.75, 3.05) is 7.11 Å². The standard InChI is InChI=1S/C4H6F3NO/c1-3(8-9-2)4(5,6)7/h1-2H3. The predicted octanol–water partition coefficient (Wildman–Crippen LogP) is 1.57. The van der Waals surface area contributed by atoms with Crippen LogP contribution in [0.3, 0.4) is 0 Å². The van der Waals surface area contributed by atoms with E-state index in [9.17, 15) is 13.2 Å². The highest BCUT2D eigenvalue weighted by molar-refractivity contribution is 5.86. The lowest BCUT2D eigenvalue weighted by molar-refractivity contribution is -0.0620. The van der Waals surface area contributed by atoms with Crippen LogP contribution in [0.2, 0.25) is 0 Å². The Morgan fingerprint density at radius 2 is 1.89 bits per heavy atom. The van der Waals surface area contributed by atoms with E-state index in [-0.39, 0.29) is 0 Å². The molecule has 0 saturated carbocycles. The largest absolute Gasteiger partial charge is 0.432 e. The Bertz CT molecular complexity index is 117. The minimum Gasteiger partial charge on any atom is -0.399 e. The van der Waals surface area contributed by atoms with Gasteiger partial charge in [-0.3, -0.25) is 0 Å². The molecule has 0 spiro atoms. The number of oxime groups is 1. The highest BCUT2D eigenvalue weighted by atomic mass is 19.4. The summed E-state index contributed by atoms with van der Waals surface area (Å²) in [6, 6.07) is 0. The third kappa shape index (κ3) is 2.94. The molecule has 9 heavy (non-hydrogen) atoms. The van der Waals surface area contributed by atoms with E-state index in [1.165, 1.54) is 0 Å². The molecule has 2 nitrogen and oxygen atoms in total. The van der Waals surface area contributed by atoms with Crippen molar-refractivity contribution in [1.82, 2.24) is 0 Å². The van der Waals surface area contributed by atoms with Gasteiger partial charge in [0.25, 0.3) is 0 Å². The number of hydrogen-bond acceptors (Lipinski definition) is 2. The number of nitrogens with zero attached hydrogens (tertiary/aromatic N) is 1. The SMILES string of the molecule is CON=C(C)C(F)(F)F. The molecule has 0 amide bonds. The van der Waals surface area contributed by atoms with Crippen LogP contribution in [0.4, 0.5) is 13.2 Å². The summed E-state index contributed by atoms with van der Waals surface area (Å²) in [5.41, 5.74) is -0.981. The van der Waals surface area contributed by atoms with Gasteiger partial charge in [-0.05, 0) is 6.92 Å². The molecule has 0 rings (SSSR count). The first-order chi connectivity index (χ1) is 3.98. The molecule has 0 aliphatic heterocycles. The van der Waals surface area contributed by atoms with Crippen LogP contribution in [0.1, 0.15) is 6.92 Å². The summed E-state index contributed by atoms with van der Waals surface area (Å²) in [7, 11) is 1.06. The number of alkyl halides is 3. The fourth-order valence-corrected chi connectivity index (χ4v) is 0.189. The van der Waals surface area contributed by atoms with Gasteiger partial charge in [0, 0.05) is 0 Å². The maximum Gasteiger partial charge on any atom is 0.432 e. The maximum absolute atomic E-state index is 11.4. The molecule has 0 aliphatic carbocycles. The molecular formula is C4H6F3NO. The summed E-state index contributed by atoms with van der Waals surface area (Å²) in [6.07, 6.45) is -4.37. The number of hydrogen-bond donors (Lipinski definition) is 0. The fraction of sp³-hybridized carbons (Fsp3) is 0.750. The number of rotatable bonds is 1. The molecule has 0 bridgehead atoms. The van der Waals surface area contributed by atoms with Crippen LogP contribution < -0.4 is 0 Å². The topological polar surface area (TPSA) is 21.6 Å². The molecule has 0 heterocycles. The third-order valence-electron chi connectivity index (χ3n) is 0.638. The van der Waals surface area contributed by atoms with Crippen LogP contribution in [0, 0.1) is 0 Å². The first kappa shape index (κ1) is 8.26. The van der Waals surface area contributed by atoms with E-state index in [0.717, 1.165) is 14.0 Å². The lowest BCUT2D eigenvalue weighted by atomic mass is 10.4. The Labute approximate surface area is 50.3 Å². The first-order valence-corrected chi connectivity index (χ1v) is 2.13. The van der Waals surface area contributed by atoms with Gasteiger partial charge in [0.05, 0.1) is 0 Å². The highest BCUT2D eigenvalue weighted by Gasteiger charge is 2.32. The van der Waals surface area contributed by atoms with Gasteiger partial charge < -0.3 is 4.84 Å². The van der Waals surface area contributed by atoms with Crippen LogP contribution in [0.25, 0.3) is 0 Å². The summed E-state index contributed by atoms with van der Waals surface area (Å²) in [5.74, 6) is 0. The zero-order valence-electron chi connectivity index (χ0n) is 4.99. The zero-order valence-corrected chi connectivity index (χ0v) is 4.99. The smallest absolute Gasteiger partial charge is 0.399 e. The summed E-state index contributed by atoms with van der Waals surface area (Å²) < 4.78 is 34.3. The normalized spacial score (nSPS) is 13.7. The molecule has 0 aromatic rings. The Hall–Kier alpha value is -0.740. The van der Waals surface area contributed by atoms with Gasteiger partial charge in [-0.2, -0.15) is 13.2 Å². The van der Waals surface area contributed by atoms with E-state index in [1.807, 2.05) is 0 Å². The van der Waals surface area contributed by atoms with Crippen molar-refractivity contribution < 1.29 is 18.0 Å². The van der Waals surface area contributed by atoms with Gasteiger partial charge in [-0.1, -0.05) is 5.16 Å². The van der Waals surface area contributed by atoms with Crippen molar-refractivity contribution in [2.45, 2.75) is 13.1 Å². The first-order valence-electron chi connectivity index (χ1n) is 2.13. The van der Waals surface area contributed by atoms with Gasteiger partial charge in [0.1, 0.15) is 7.11 Å². The lowest BCUT2D eigenvalue weighted by Gasteiger charge is -2.02. The van der Waals surface area contributed by atoms with Crippen molar-refractivity contribution in [3.8, 4) is 0 Å². The van der Waals surface area contributed by atoms with Crippen LogP contribution in [0.5, 0.6) is 0 Å². The van der Waals surface area contributed by atoms with Crippen molar-refractivity contribution in [3.63, 3.8) is 0 Å². The molecule has 0 aromatic carbocycles. The average Bonchev–Trinajstić information content (AvgIpc) is 1.64. The van der Waals surface area contributed by atoms with Crippen molar-refractivity contribution in [1.29, 1.82) is 0 Å². The maximum atomic E-state index is 11.4. The van der Waals surface area contributed by atoms with Gasteiger partial charge >= 0.3 is 6.18 Å². The molecule has 5 heteroatoms. The number of halogens is 3. The van der Waals surface area contributed by atoms with Gasteiger partial charge in [-0.15, -0.1) is 0 Å². The zero-order chi connectivity index (χ0) is 7.49. The van der Waals surface area contributed by atoms with Crippen molar-refractivity contribution in [3.05, 3.63) is 0 Å². The van der Waals surface area contributed by atoms with E-state index in [1.54, 1.807) is 0 Å². The van der Waals surface area contributed by atoms with Crippen molar-refractivity contribution in [2.24, 2.45) is 5.16 Å². The molecule has 0 radical (unpaired) electrons. The Kier molecular flexibility index (Phi) is 2.48. The molecule has 0 aliphatic rings. The van der Waals surface area contributed by atoms with E-state index in [0.29, 0.717) is 0 Å². The minimum atomic E-state index is -4.37. The lowest BCUT2D eigenvalue weighted by Crippen LogP contribution is -2.19. The third-order valence-corrected chi connectivity index (χ3v) is 0.638. The summed E-state index contributed by atoms with van der Waals surface area (Å²) >= 11 is 0. The molecule has 0 N–H and O–H groups in total. The summed E-state index contributed by atoms with van der Waals surface area (Å²) in [6.45, 7) is 0.837. The minimum absolute atomic E-state index is 0.837. The Balaban J connectivity index is 4.03. The van der Waals surface area contributed by atoms with Crippen molar-refractivity contribution >= 4 is 5.71 Å². The molecule has 0 saturated heterocycles. The van der Waals surface area contributed by atoms with E-state index in [2.05, 4.69) is 9.99 Å². The average molecular weight is 141 g/mol. The molecule has 0 atom stereocenters. The van der Waals surface area contributed by atoms with E-state index < -0.39 is 11.9 Å². The van der Waals surface area contributed by atoms with Gasteiger partial charge in [-0.25, -0.2) is 0 Å². The van der Waals surface area contributed by atoms with Gasteiger partial charge in [0.15, 0.2) is 5.71 Å². The second kappa shape index (κ2) is 2.70. The summed E-state index contributed by atoms with van der Waals surface area (Å²) in [5, 5.41) is 2.69. The van der Waals surface area contributed by atoms with E-state index in [4.69, 9.17) is 0 Å². The monoisotopic (exact) mass is 141 g/mol. The molecule has 0 aromatic heterocycles. The molecule has 54 valence electrons. The Morgan fingerprint density at radius 1 is 1.44 bits per heavy atom. The molecule has 0 unspecified atom stereocenters. The second-order valence-electron chi connectivity index (χ2n) is 1.36. The van der Waals surface area contributed by atoms with Crippen LogP contribution in [0.15, 0.2) is 5.16 Å². The second-order valence-corrected chi connectivity index (χ2v) is 1.36. The predicted molar refractivity (Wildman–Crippen MR) is 26.2 cm³/mol. The fourth-order valence-electron chi connectivity index (χ4n) is 0.189. The van der Waals surface area contributed by atoms with Crippen LogP contribution in [-0.2, 0) is 4.84 Å². The molecular weight excluding hydrogens is 135 g/mol.